The summed E-state index contributed by atoms with van der Waals surface area (Å²) in [6.07, 6.45) is 0. The van der Waals surface area contributed by atoms with Crippen LogP contribution in [0.3, 0.4) is 0 Å². The van der Waals surface area contributed by atoms with Gasteiger partial charge >= 0.3 is 0 Å². The van der Waals surface area contributed by atoms with Crippen molar-refractivity contribution < 1.29 is 18.3 Å². The summed E-state index contributed by atoms with van der Waals surface area (Å²) in [6.45, 7) is 3.80. The number of aryl methyl sites for hydroxylation is 1. The molecule has 0 aliphatic rings. The lowest BCUT2D eigenvalue weighted by Crippen LogP contribution is -2.35. The van der Waals surface area contributed by atoms with Crippen molar-refractivity contribution in [3.8, 4) is 5.75 Å². The van der Waals surface area contributed by atoms with Crippen molar-refractivity contribution in [1.29, 1.82) is 0 Å². The molecule has 2 rings (SSSR count). The number of hydrogen-bond acceptors (Lipinski definition) is 2. The van der Waals surface area contributed by atoms with Crippen molar-refractivity contribution in [2.75, 3.05) is 18.1 Å². The van der Waals surface area contributed by atoms with Crippen LogP contribution >= 0.6 is 0 Å². The number of carbonyl (C=O) groups is 1. The molecule has 5 heteroatoms. The van der Waals surface area contributed by atoms with Gasteiger partial charge in [0.2, 0.25) is 0 Å². The molecular weight excluding hydrogens is 288 g/mol. The van der Waals surface area contributed by atoms with Crippen LogP contribution in [0, 0.1) is 18.6 Å². The van der Waals surface area contributed by atoms with Crippen LogP contribution in [0.5, 0.6) is 5.75 Å². The molecule has 0 N–H and O–H groups in total. The number of para-hydroxylation sites is 1. The Morgan fingerprint density at radius 1 is 1.14 bits per heavy atom. The van der Waals surface area contributed by atoms with Gasteiger partial charge in [-0.3, -0.25) is 4.79 Å². The minimum absolute atomic E-state index is 0.169. The smallest absolute Gasteiger partial charge is 0.264 e. The highest BCUT2D eigenvalue weighted by atomic mass is 19.2. The number of anilines is 1. The summed E-state index contributed by atoms with van der Waals surface area (Å²) >= 11 is 0. The minimum atomic E-state index is -0.983. The first-order chi connectivity index (χ1) is 10.5. The second-order valence-corrected chi connectivity index (χ2v) is 4.79. The highest BCUT2D eigenvalue weighted by molar-refractivity contribution is 5.94. The van der Waals surface area contributed by atoms with Crippen LogP contribution in [0.4, 0.5) is 14.5 Å². The van der Waals surface area contributed by atoms with E-state index in [1.165, 1.54) is 11.0 Å². The number of amides is 1. The van der Waals surface area contributed by atoms with Crippen LogP contribution in [0.15, 0.2) is 42.5 Å². The third-order valence-corrected chi connectivity index (χ3v) is 3.28. The van der Waals surface area contributed by atoms with Gasteiger partial charge in [0, 0.05) is 18.3 Å². The van der Waals surface area contributed by atoms with Crippen molar-refractivity contribution in [3.05, 3.63) is 59.7 Å². The number of halogens is 2. The summed E-state index contributed by atoms with van der Waals surface area (Å²) in [7, 11) is 0. The average molecular weight is 305 g/mol. The Labute approximate surface area is 128 Å². The minimum Gasteiger partial charge on any atom is -0.483 e. The van der Waals surface area contributed by atoms with Gasteiger partial charge in [-0.1, -0.05) is 18.2 Å². The number of carbonyl (C=O) groups excluding carboxylic acids is 1. The van der Waals surface area contributed by atoms with Crippen molar-refractivity contribution in [3.63, 3.8) is 0 Å². The van der Waals surface area contributed by atoms with Crippen LogP contribution in [0.1, 0.15) is 12.5 Å². The molecule has 0 saturated carbocycles. The number of ether oxygens (including phenoxy) is 1. The molecule has 0 saturated heterocycles. The first-order valence-electron chi connectivity index (χ1n) is 6.96. The topological polar surface area (TPSA) is 29.5 Å². The van der Waals surface area contributed by atoms with Crippen molar-refractivity contribution in [2.45, 2.75) is 13.8 Å². The second kappa shape index (κ2) is 7.02. The molecule has 2 aromatic carbocycles. The lowest BCUT2D eigenvalue weighted by atomic mass is 10.2. The van der Waals surface area contributed by atoms with Gasteiger partial charge in [0.05, 0.1) is 0 Å². The van der Waals surface area contributed by atoms with E-state index < -0.39 is 11.6 Å². The number of hydrogen-bond donors (Lipinski definition) is 0. The van der Waals surface area contributed by atoms with Crippen LogP contribution < -0.4 is 9.64 Å². The van der Waals surface area contributed by atoms with Gasteiger partial charge in [0.15, 0.2) is 18.2 Å². The quantitative estimate of drug-likeness (QED) is 0.843. The molecule has 0 aliphatic heterocycles. The van der Waals surface area contributed by atoms with E-state index in [0.717, 1.165) is 17.7 Å². The molecule has 22 heavy (non-hydrogen) atoms. The Morgan fingerprint density at radius 2 is 1.86 bits per heavy atom. The van der Waals surface area contributed by atoms with E-state index in [2.05, 4.69) is 0 Å². The third kappa shape index (κ3) is 3.61. The van der Waals surface area contributed by atoms with Crippen molar-refractivity contribution >= 4 is 11.6 Å². The van der Waals surface area contributed by atoms with Gasteiger partial charge in [-0.15, -0.1) is 0 Å². The molecule has 2 aromatic rings. The Balaban J connectivity index is 2.09. The monoisotopic (exact) mass is 305 g/mol. The van der Waals surface area contributed by atoms with Gasteiger partial charge in [-0.05, 0) is 37.6 Å². The van der Waals surface area contributed by atoms with Gasteiger partial charge in [0.1, 0.15) is 5.75 Å². The van der Waals surface area contributed by atoms with E-state index >= 15 is 0 Å². The van der Waals surface area contributed by atoms with E-state index in [-0.39, 0.29) is 12.5 Å². The molecule has 0 atom stereocenters. The summed E-state index contributed by atoms with van der Waals surface area (Å²) in [5, 5.41) is 0. The maximum absolute atomic E-state index is 13.3. The van der Waals surface area contributed by atoms with Crippen molar-refractivity contribution in [1.82, 2.24) is 0 Å². The summed E-state index contributed by atoms with van der Waals surface area (Å²) in [5.41, 5.74) is 1.23. The largest absolute Gasteiger partial charge is 0.483 e. The fourth-order valence-electron chi connectivity index (χ4n) is 2.09. The van der Waals surface area contributed by atoms with E-state index in [0.29, 0.717) is 18.0 Å². The lowest BCUT2D eigenvalue weighted by Gasteiger charge is -2.21. The third-order valence-electron chi connectivity index (χ3n) is 3.28. The Morgan fingerprint density at radius 3 is 2.50 bits per heavy atom. The molecule has 116 valence electrons. The maximum atomic E-state index is 13.3. The maximum Gasteiger partial charge on any atom is 0.264 e. The number of nitrogens with zero attached hydrogens (tertiary/aromatic N) is 1. The first kappa shape index (κ1) is 15.9. The zero-order valence-corrected chi connectivity index (χ0v) is 12.5. The Bertz CT molecular complexity index is 673. The molecule has 1 amide bonds. The van der Waals surface area contributed by atoms with E-state index in [4.69, 9.17) is 4.74 Å². The molecule has 3 nitrogen and oxygen atoms in total. The van der Waals surface area contributed by atoms with E-state index in [1.54, 1.807) is 13.0 Å². The predicted octanol–water partition coefficient (Wildman–Crippen LogP) is 3.71. The normalized spacial score (nSPS) is 10.4. The number of rotatable bonds is 5. The van der Waals surface area contributed by atoms with Gasteiger partial charge in [-0.25, -0.2) is 8.78 Å². The SMILES string of the molecule is CCN(C(=O)COc1ccccc1C)c1ccc(F)c(F)c1. The standard InChI is InChI=1S/C17H17F2NO2/c1-3-20(13-8-9-14(18)15(19)10-13)17(21)11-22-16-7-5-4-6-12(16)2/h4-10H,3,11H2,1-2H3. The van der Waals surface area contributed by atoms with E-state index in [1.807, 2.05) is 25.1 Å². The van der Waals surface area contributed by atoms with Crippen molar-refractivity contribution in [2.24, 2.45) is 0 Å². The summed E-state index contributed by atoms with van der Waals surface area (Å²) in [4.78, 5) is 13.6. The Hall–Kier alpha value is -2.43. The zero-order chi connectivity index (χ0) is 16.1. The Kier molecular flexibility index (Phi) is 5.09. The lowest BCUT2D eigenvalue weighted by molar-refractivity contribution is -0.120. The molecular formula is C17H17F2NO2. The van der Waals surface area contributed by atoms with Gasteiger partial charge in [0.25, 0.3) is 5.91 Å². The molecule has 0 bridgehead atoms. The van der Waals surface area contributed by atoms with E-state index in [9.17, 15) is 13.6 Å². The summed E-state index contributed by atoms with van der Waals surface area (Å²) in [5.74, 6) is -1.62. The van der Waals surface area contributed by atoms with Crippen LogP contribution in [0.25, 0.3) is 0 Å². The van der Waals surface area contributed by atoms with Crippen LogP contribution in [0.2, 0.25) is 0 Å². The molecule has 0 fully saturated rings. The molecule has 0 unspecified atom stereocenters. The molecule has 0 radical (unpaired) electrons. The van der Waals surface area contributed by atoms with Gasteiger partial charge < -0.3 is 9.64 Å². The molecule has 0 heterocycles. The highest BCUT2D eigenvalue weighted by Gasteiger charge is 2.16. The highest BCUT2D eigenvalue weighted by Crippen LogP contribution is 2.19. The summed E-state index contributed by atoms with van der Waals surface area (Å²) < 4.78 is 31.8. The van der Waals surface area contributed by atoms with Gasteiger partial charge in [-0.2, -0.15) is 0 Å². The predicted molar refractivity (Wildman–Crippen MR) is 81.1 cm³/mol. The fourth-order valence-corrected chi connectivity index (χ4v) is 2.09. The molecule has 0 spiro atoms. The second-order valence-electron chi connectivity index (χ2n) is 4.79. The van der Waals surface area contributed by atoms with Crippen LogP contribution in [-0.4, -0.2) is 19.1 Å². The molecule has 0 aliphatic carbocycles. The summed E-state index contributed by atoms with van der Waals surface area (Å²) in [6, 6.07) is 10.7. The average Bonchev–Trinajstić information content (AvgIpc) is 2.50. The number of likely N-dealkylation sites (N-methyl/N-ethyl adjacent to an activating group) is 1. The first-order valence-corrected chi connectivity index (χ1v) is 6.96. The number of benzene rings is 2. The zero-order valence-electron chi connectivity index (χ0n) is 12.5. The fraction of sp³-hybridized carbons (Fsp3) is 0.235. The van der Waals surface area contributed by atoms with Crippen LogP contribution in [-0.2, 0) is 4.79 Å². The molecule has 0 aromatic heterocycles.